The minimum absolute atomic E-state index is 0.114. The van der Waals surface area contributed by atoms with Gasteiger partial charge < -0.3 is 72.5 Å². The molecule has 0 spiro atoms. The molecule has 3 aliphatic rings. The Balaban J connectivity index is 1.78. The number of ether oxygens (including phenoxy) is 4. The molecule has 31 heavy (non-hydrogen) atoms. The maximum absolute atomic E-state index is 10.6. The quantitative estimate of drug-likeness (QED) is 0.179. The van der Waals surface area contributed by atoms with Gasteiger partial charge in [-0.15, -0.1) is 0 Å². The van der Waals surface area contributed by atoms with Gasteiger partial charge in [0.1, 0.15) is 48.8 Å². The smallest absolute Gasteiger partial charge is 0.187 e. The van der Waals surface area contributed by atoms with Crippen LogP contribution < -0.4 is 22.9 Å². The highest BCUT2D eigenvalue weighted by atomic mass is 16.7. The van der Waals surface area contributed by atoms with Crippen LogP contribution in [-0.4, -0.2) is 129 Å². The summed E-state index contributed by atoms with van der Waals surface area (Å²) in [6, 6.07) is -2.72. The summed E-state index contributed by atoms with van der Waals surface area (Å²) in [6.45, 7) is -0.673. The first-order valence-electron chi connectivity index (χ1n) is 10.2. The highest BCUT2D eigenvalue weighted by Crippen LogP contribution is 2.31. The van der Waals surface area contributed by atoms with Crippen molar-refractivity contribution in [2.24, 2.45) is 22.9 Å². The minimum Gasteiger partial charge on any atom is -0.394 e. The third-order valence-electron chi connectivity index (χ3n) is 6.13. The van der Waals surface area contributed by atoms with E-state index in [1.54, 1.807) is 0 Å². The largest absolute Gasteiger partial charge is 0.394 e. The molecular weight excluding hydrogens is 420 g/mol. The van der Waals surface area contributed by atoms with E-state index in [4.69, 9.17) is 41.9 Å². The second-order valence-electron chi connectivity index (χ2n) is 8.30. The Morgan fingerprint density at radius 2 is 1.29 bits per heavy atom. The fourth-order valence-electron chi connectivity index (χ4n) is 4.16. The van der Waals surface area contributed by atoms with E-state index in [2.05, 4.69) is 0 Å². The fourth-order valence-corrected chi connectivity index (χ4v) is 4.16. The zero-order valence-corrected chi connectivity index (χ0v) is 16.8. The van der Waals surface area contributed by atoms with E-state index in [0.717, 1.165) is 0 Å². The van der Waals surface area contributed by atoms with Crippen LogP contribution in [0.25, 0.3) is 0 Å². The van der Waals surface area contributed by atoms with E-state index in [1.165, 1.54) is 0 Å². The van der Waals surface area contributed by atoms with Gasteiger partial charge in [-0.3, -0.25) is 0 Å². The number of nitrogens with two attached hydrogens (primary N) is 4. The molecule has 2 saturated heterocycles. The van der Waals surface area contributed by atoms with Crippen LogP contribution in [0.3, 0.4) is 0 Å². The predicted molar refractivity (Wildman–Crippen MR) is 102 cm³/mol. The number of rotatable bonds is 6. The SMILES string of the molecule is NC[C@@H]1O[C@@H](O[C@@H]2[C@@H](O[C@H]3O[C@H](CO)[C@@H](O)[C@H]3O)[C@H](O)[C@@H](N)C[C@H]2N)[C@@H](N)[C@H](O)[C@H]1O. The lowest BCUT2D eigenvalue weighted by molar-refractivity contribution is -0.306. The molecule has 0 unspecified atom stereocenters. The molecule has 0 amide bonds. The molecule has 2 aliphatic heterocycles. The maximum atomic E-state index is 10.6. The average molecular weight is 454 g/mol. The molecule has 0 aromatic heterocycles. The van der Waals surface area contributed by atoms with Crippen molar-refractivity contribution in [1.82, 2.24) is 0 Å². The van der Waals surface area contributed by atoms with Crippen LogP contribution in [0.2, 0.25) is 0 Å². The number of aliphatic hydroxyl groups excluding tert-OH is 6. The molecule has 0 aromatic rings. The number of aliphatic hydroxyl groups is 6. The first kappa shape index (κ1) is 25.1. The lowest BCUT2D eigenvalue weighted by atomic mass is 9.84. The van der Waals surface area contributed by atoms with Crippen LogP contribution in [0.4, 0.5) is 0 Å². The van der Waals surface area contributed by atoms with Gasteiger partial charge in [-0.2, -0.15) is 0 Å². The third kappa shape index (κ3) is 4.87. The summed E-state index contributed by atoms with van der Waals surface area (Å²) >= 11 is 0. The van der Waals surface area contributed by atoms with Crippen molar-refractivity contribution in [2.75, 3.05) is 13.2 Å². The lowest BCUT2D eigenvalue weighted by Gasteiger charge is -2.47. The summed E-state index contributed by atoms with van der Waals surface area (Å²) in [5.41, 5.74) is 23.6. The molecule has 0 bridgehead atoms. The molecule has 14 heteroatoms. The first-order chi connectivity index (χ1) is 14.6. The van der Waals surface area contributed by atoms with Crippen molar-refractivity contribution in [2.45, 2.75) is 92.1 Å². The molecule has 3 rings (SSSR count). The third-order valence-corrected chi connectivity index (χ3v) is 6.13. The fraction of sp³-hybridized carbons (Fsp3) is 1.00. The highest BCUT2D eigenvalue weighted by molar-refractivity contribution is 5.01. The van der Waals surface area contributed by atoms with Crippen molar-refractivity contribution >= 4 is 0 Å². The van der Waals surface area contributed by atoms with Crippen molar-refractivity contribution in [1.29, 1.82) is 0 Å². The summed E-state index contributed by atoms with van der Waals surface area (Å²) in [5.74, 6) is 0. The Labute approximate surface area is 178 Å². The molecule has 0 aromatic carbocycles. The van der Waals surface area contributed by atoms with E-state index in [0.29, 0.717) is 0 Å². The van der Waals surface area contributed by atoms with Crippen LogP contribution in [0.15, 0.2) is 0 Å². The van der Waals surface area contributed by atoms with E-state index in [1.807, 2.05) is 0 Å². The standard InChI is InChI=1S/C17H34N4O10/c18-2-6-10(24)12(26)8(21)16(28-6)30-14-5(20)1-4(19)9(23)15(14)31-17-13(27)11(25)7(3-22)29-17/h4-17,22-27H,1-3,18-21H2/t4-,5+,6-,7+,8-,9+,10-,11+,12-,13+,14-,15-,16-,17+/m0/s1. The van der Waals surface area contributed by atoms with E-state index in [-0.39, 0.29) is 13.0 Å². The Bertz CT molecular complexity index is 591. The van der Waals surface area contributed by atoms with Gasteiger partial charge in [0.05, 0.1) is 18.8 Å². The van der Waals surface area contributed by atoms with Crippen LogP contribution in [0.5, 0.6) is 0 Å². The summed E-state index contributed by atoms with van der Waals surface area (Å²) in [7, 11) is 0. The Hall–Kier alpha value is -0.560. The molecule has 3 fully saturated rings. The highest BCUT2D eigenvalue weighted by Gasteiger charge is 2.52. The van der Waals surface area contributed by atoms with Crippen LogP contribution in [-0.2, 0) is 18.9 Å². The van der Waals surface area contributed by atoms with Gasteiger partial charge in [0.15, 0.2) is 12.6 Å². The summed E-state index contributed by atoms with van der Waals surface area (Å²) in [4.78, 5) is 0. The Kier molecular flexibility index (Phi) is 8.21. The van der Waals surface area contributed by atoms with Gasteiger partial charge in [0.2, 0.25) is 0 Å². The van der Waals surface area contributed by atoms with Gasteiger partial charge in [0, 0.05) is 18.6 Å². The molecule has 14 atom stereocenters. The van der Waals surface area contributed by atoms with Gasteiger partial charge in [-0.1, -0.05) is 0 Å². The average Bonchev–Trinajstić information content (AvgIpc) is 3.02. The van der Waals surface area contributed by atoms with Crippen molar-refractivity contribution < 1.29 is 49.6 Å². The van der Waals surface area contributed by atoms with Crippen LogP contribution in [0, 0.1) is 0 Å². The van der Waals surface area contributed by atoms with Crippen LogP contribution >= 0.6 is 0 Å². The van der Waals surface area contributed by atoms with Gasteiger partial charge >= 0.3 is 0 Å². The van der Waals surface area contributed by atoms with Crippen molar-refractivity contribution in [3.05, 3.63) is 0 Å². The molecular formula is C17H34N4O10. The Morgan fingerprint density at radius 3 is 1.87 bits per heavy atom. The molecule has 1 saturated carbocycles. The van der Waals surface area contributed by atoms with Crippen molar-refractivity contribution in [3.63, 3.8) is 0 Å². The van der Waals surface area contributed by atoms with E-state index in [9.17, 15) is 30.6 Å². The molecule has 182 valence electrons. The monoisotopic (exact) mass is 454 g/mol. The zero-order valence-electron chi connectivity index (χ0n) is 16.8. The molecule has 2 heterocycles. The number of hydrogen-bond donors (Lipinski definition) is 10. The lowest BCUT2D eigenvalue weighted by Crippen LogP contribution is -2.68. The normalized spacial score (nSPS) is 53.6. The molecule has 14 N–H and O–H groups in total. The van der Waals surface area contributed by atoms with Crippen molar-refractivity contribution in [3.8, 4) is 0 Å². The van der Waals surface area contributed by atoms with E-state index < -0.39 is 92.2 Å². The zero-order chi connectivity index (χ0) is 23.0. The minimum atomic E-state index is -1.51. The second kappa shape index (κ2) is 10.1. The number of hydrogen-bond acceptors (Lipinski definition) is 14. The molecule has 14 nitrogen and oxygen atoms in total. The van der Waals surface area contributed by atoms with E-state index >= 15 is 0 Å². The van der Waals surface area contributed by atoms with Gasteiger partial charge in [-0.05, 0) is 6.42 Å². The first-order valence-corrected chi connectivity index (χ1v) is 10.2. The van der Waals surface area contributed by atoms with Gasteiger partial charge in [-0.25, -0.2) is 0 Å². The summed E-state index contributed by atoms with van der Waals surface area (Å²) < 4.78 is 22.5. The maximum Gasteiger partial charge on any atom is 0.187 e. The second-order valence-corrected chi connectivity index (χ2v) is 8.30. The Morgan fingerprint density at radius 1 is 0.710 bits per heavy atom. The predicted octanol–water partition coefficient (Wildman–Crippen LogP) is -6.65. The van der Waals surface area contributed by atoms with Crippen LogP contribution in [0.1, 0.15) is 6.42 Å². The molecule has 0 radical (unpaired) electrons. The molecule has 1 aliphatic carbocycles. The summed E-state index contributed by atoms with van der Waals surface area (Å²) in [6.07, 6.45) is -13.8. The van der Waals surface area contributed by atoms with Gasteiger partial charge in [0.25, 0.3) is 0 Å². The topological polar surface area (TPSA) is 262 Å². The summed E-state index contributed by atoms with van der Waals surface area (Å²) in [5, 5.41) is 60.2.